The third-order valence-electron chi connectivity index (χ3n) is 2.37. The van der Waals surface area contributed by atoms with Gasteiger partial charge in [-0.1, -0.05) is 33.6 Å². The largest absolute Gasteiger partial charge is 0.480 e. The first-order valence-corrected chi connectivity index (χ1v) is 4.47. The number of rotatable bonds is 5. The molecule has 4 heteroatoms. The van der Waals surface area contributed by atoms with Crippen molar-refractivity contribution in [3.8, 4) is 0 Å². The van der Waals surface area contributed by atoms with E-state index in [9.17, 15) is 4.79 Å². The summed E-state index contributed by atoms with van der Waals surface area (Å²) in [7, 11) is 0. The van der Waals surface area contributed by atoms with E-state index in [2.05, 4.69) is 0 Å². The molecule has 3 nitrogen and oxygen atoms in total. The molecule has 3 N–H and O–H groups in total. The number of aliphatic carboxylic acids is 1. The molecule has 0 heterocycles. The smallest absolute Gasteiger partial charge is 0.323 e. The lowest BCUT2D eigenvalue weighted by Crippen LogP contribution is -2.52. The molecule has 0 aliphatic rings. The zero-order valence-corrected chi connectivity index (χ0v) is 9.36. The van der Waals surface area contributed by atoms with Crippen LogP contribution in [0.25, 0.3) is 0 Å². The van der Waals surface area contributed by atoms with Crippen LogP contribution in [0.4, 0.5) is 0 Å². The van der Waals surface area contributed by atoms with E-state index < -0.39 is 11.5 Å². The van der Waals surface area contributed by atoms with Crippen molar-refractivity contribution in [3.05, 3.63) is 0 Å². The number of carboxylic acids is 1. The topological polar surface area (TPSA) is 63.3 Å². The van der Waals surface area contributed by atoms with Crippen molar-refractivity contribution in [3.63, 3.8) is 0 Å². The Bertz CT molecular complexity index is 162. The minimum Gasteiger partial charge on any atom is -0.480 e. The highest BCUT2D eigenvalue weighted by atomic mass is 35.5. The SMILES string of the molecule is CCCC[C@](N)(C(=O)O)C(C)C.Cl. The van der Waals surface area contributed by atoms with Crippen LogP contribution < -0.4 is 5.73 Å². The molecule has 80 valence electrons. The molecule has 0 unspecified atom stereocenters. The Morgan fingerprint density at radius 3 is 2.23 bits per heavy atom. The molecule has 0 aliphatic heterocycles. The fraction of sp³-hybridized carbons (Fsp3) is 0.889. The van der Waals surface area contributed by atoms with Crippen molar-refractivity contribution >= 4 is 18.4 Å². The molecule has 0 spiro atoms. The Morgan fingerprint density at radius 1 is 1.54 bits per heavy atom. The van der Waals surface area contributed by atoms with E-state index in [1.807, 2.05) is 20.8 Å². The lowest BCUT2D eigenvalue weighted by Gasteiger charge is -2.28. The van der Waals surface area contributed by atoms with Crippen LogP contribution in [0.1, 0.15) is 40.0 Å². The predicted molar refractivity (Wildman–Crippen MR) is 56.2 cm³/mol. The van der Waals surface area contributed by atoms with Gasteiger partial charge in [0.05, 0.1) is 0 Å². The Hall–Kier alpha value is -0.280. The normalized spacial score (nSPS) is 14.8. The lowest BCUT2D eigenvalue weighted by atomic mass is 9.83. The molecule has 0 rings (SSSR count). The second kappa shape index (κ2) is 6.22. The Balaban J connectivity index is 0. The summed E-state index contributed by atoms with van der Waals surface area (Å²) in [6.45, 7) is 5.73. The van der Waals surface area contributed by atoms with Crippen molar-refractivity contribution in [2.45, 2.75) is 45.6 Å². The lowest BCUT2D eigenvalue weighted by molar-refractivity contribution is -0.145. The zero-order valence-electron chi connectivity index (χ0n) is 8.54. The third kappa shape index (κ3) is 3.96. The van der Waals surface area contributed by atoms with Crippen molar-refractivity contribution in [2.75, 3.05) is 0 Å². The number of carbonyl (C=O) groups is 1. The average molecular weight is 210 g/mol. The second-order valence-electron chi connectivity index (χ2n) is 3.60. The molecule has 0 aromatic carbocycles. The summed E-state index contributed by atoms with van der Waals surface area (Å²) in [5.41, 5.74) is 4.74. The van der Waals surface area contributed by atoms with Crippen LogP contribution in [0, 0.1) is 5.92 Å². The molecule has 0 amide bonds. The number of hydrogen-bond acceptors (Lipinski definition) is 2. The molecule has 0 bridgehead atoms. The number of unbranched alkanes of at least 4 members (excludes halogenated alkanes) is 1. The first-order valence-electron chi connectivity index (χ1n) is 4.47. The van der Waals surface area contributed by atoms with Gasteiger partial charge in [0.25, 0.3) is 0 Å². The summed E-state index contributed by atoms with van der Waals surface area (Å²) in [6, 6.07) is 0. The summed E-state index contributed by atoms with van der Waals surface area (Å²) in [6.07, 6.45) is 2.43. The number of hydrogen-bond donors (Lipinski definition) is 2. The maximum Gasteiger partial charge on any atom is 0.323 e. The van der Waals surface area contributed by atoms with Gasteiger partial charge in [-0.25, -0.2) is 0 Å². The molecular weight excluding hydrogens is 190 g/mol. The summed E-state index contributed by atoms with van der Waals surface area (Å²) >= 11 is 0. The highest BCUT2D eigenvalue weighted by Gasteiger charge is 2.36. The third-order valence-corrected chi connectivity index (χ3v) is 2.37. The van der Waals surface area contributed by atoms with E-state index in [1.165, 1.54) is 0 Å². The van der Waals surface area contributed by atoms with Gasteiger partial charge in [0.1, 0.15) is 5.54 Å². The first kappa shape index (κ1) is 15.2. The summed E-state index contributed by atoms with van der Waals surface area (Å²) in [5, 5.41) is 8.90. The van der Waals surface area contributed by atoms with Gasteiger partial charge < -0.3 is 10.8 Å². The molecule has 1 atom stereocenters. The van der Waals surface area contributed by atoms with E-state index in [4.69, 9.17) is 10.8 Å². The standard InChI is InChI=1S/C9H19NO2.ClH/c1-4-5-6-9(10,7(2)3)8(11)12;/h7H,4-6,10H2,1-3H3,(H,11,12);1H/t9-;/m1./s1. The molecule has 0 aliphatic carbocycles. The van der Waals surface area contributed by atoms with Gasteiger partial charge >= 0.3 is 5.97 Å². The molecule has 0 saturated heterocycles. The maximum atomic E-state index is 10.8. The predicted octanol–water partition coefficient (Wildman–Crippen LogP) is 2.04. The van der Waals surface area contributed by atoms with E-state index >= 15 is 0 Å². The van der Waals surface area contributed by atoms with Crippen LogP contribution in [-0.4, -0.2) is 16.6 Å². The molecular formula is C9H20ClNO2. The Labute approximate surface area is 86.1 Å². The van der Waals surface area contributed by atoms with Crippen molar-refractivity contribution in [2.24, 2.45) is 11.7 Å². The highest BCUT2D eigenvalue weighted by Crippen LogP contribution is 2.21. The van der Waals surface area contributed by atoms with E-state index in [1.54, 1.807) is 0 Å². The fourth-order valence-corrected chi connectivity index (χ4v) is 1.11. The molecule has 0 saturated carbocycles. The summed E-state index contributed by atoms with van der Waals surface area (Å²) in [4.78, 5) is 10.8. The van der Waals surface area contributed by atoms with Gasteiger partial charge in [0, 0.05) is 0 Å². The first-order chi connectivity index (χ1) is 5.45. The van der Waals surface area contributed by atoms with Gasteiger partial charge in [-0.2, -0.15) is 0 Å². The van der Waals surface area contributed by atoms with E-state index in [0.29, 0.717) is 6.42 Å². The summed E-state index contributed by atoms with van der Waals surface area (Å²) in [5.74, 6) is -0.896. The van der Waals surface area contributed by atoms with Gasteiger partial charge in [-0.3, -0.25) is 4.79 Å². The van der Waals surface area contributed by atoms with Crippen molar-refractivity contribution < 1.29 is 9.90 Å². The number of carboxylic acid groups (broad SMARTS) is 1. The van der Waals surface area contributed by atoms with Crippen LogP contribution in [0.15, 0.2) is 0 Å². The number of nitrogens with two attached hydrogens (primary N) is 1. The monoisotopic (exact) mass is 209 g/mol. The molecule has 0 aromatic heterocycles. The minimum absolute atomic E-state index is 0. The zero-order chi connectivity index (χ0) is 9.78. The van der Waals surface area contributed by atoms with Crippen LogP contribution in [0.3, 0.4) is 0 Å². The second-order valence-corrected chi connectivity index (χ2v) is 3.60. The van der Waals surface area contributed by atoms with Crippen LogP contribution in [0.2, 0.25) is 0 Å². The van der Waals surface area contributed by atoms with E-state index in [0.717, 1.165) is 12.8 Å². The van der Waals surface area contributed by atoms with Gasteiger partial charge in [0.15, 0.2) is 0 Å². The maximum absolute atomic E-state index is 10.8. The minimum atomic E-state index is -1.03. The molecule has 0 fully saturated rings. The quantitative estimate of drug-likeness (QED) is 0.729. The molecule has 0 radical (unpaired) electrons. The highest BCUT2D eigenvalue weighted by molar-refractivity contribution is 5.85. The van der Waals surface area contributed by atoms with Gasteiger partial charge in [0.2, 0.25) is 0 Å². The summed E-state index contributed by atoms with van der Waals surface area (Å²) < 4.78 is 0. The fourth-order valence-electron chi connectivity index (χ4n) is 1.11. The van der Waals surface area contributed by atoms with Crippen LogP contribution >= 0.6 is 12.4 Å². The van der Waals surface area contributed by atoms with E-state index in [-0.39, 0.29) is 18.3 Å². The molecule has 13 heavy (non-hydrogen) atoms. The van der Waals surface area contributed by atoms with Crippen molar-refractivity contribution in [1.82, 2.24) is 0 Å². The van der Waals surface area contributed by atoms with Crippen LogP contribution in [0.5, 0.6) is 0 Å². The van der Waals surface area contributed by atoms with Gasteiger partial charge in [-0.15, -0.1) is 12.4 Å². The molecule has 0 aromatic rings. The Kier molecular flexibility index (Phi) is 7.27. The van der Waals surface area contributed by atoms with Crippen molar-refractivity contribution in [1.29, 1.82) is 0 Å². The average Bonchev–Trinajstić information content (AvgIpc) is 1.99. The van der Waals surface area contributed by atoms with Crippen LogP contribution in [-0.2, 0) is 4.79 Å². The van der Waals surface area contributed by atoms with Gasteiger partial charge in [-0.05, 0) is 12.3 Å². The number of halogens is 1. The Morgan fingerprint density at radius 2 is 2.00 bits per heavy atom.